The van der Waals surface area contributed by atoms with Gasteiger partial charge in [0, 0.05) is 17.6 Å². The fourth-order valence-corrected chi connectivity index (χ4v) is 4.18. The number of nitrogens with zero attached hydrogens (tertiary/aromatic N) is 1. The Kier molecular flexibility index (Phi) is 4.10. The molecule has 102 valence electrons. The van der Waals surface area contributed by atoms with Crippen LogP contribution in [-0.4, -0.2) is 13.4 Å². The van der Waals surface area contributed by atoms with Crippen LogP contribution < -0.4 is 10.5 Å². The van der Waals surface area contributed by atoms with Crippen LogP contribution in [0.15, 0.2) is 28.6 Å². The van der Waals surface area contributed by atoms with E-state index in [1.165, 1.54) is 6.20 Å². The summed E-state index contributed by atoms with van der Waals surface area (Å²) in [6.45, 7) is 2.14. The second kappa shape index (κ2) is 5.46. The number of hydrogen-bond acceptors (Lipinski definition) is 5. The van der Waals surface area contributed by atoms with Crippen molar-refractivity contribution in [2.45, 2.75) is 17.7 Å². The first-order valence-electron chi connectivity index (χ1n) is 5.37. The molecule has 0 aliphatic rings. The molecule has 0 fully saturated rings. The molecule has 0 amide bonds. The molecule has 2 rings (SSSR count). The van der Waals surface area contributed by atoms with Gasteiger partial charge >= 0.3 is 0 Å². The molecule has 0 aliphatic carbocycles. The lowest BCUT2D eigenvalue weighted by Crippen LogP contribution is -2.12. The first-order valence-corrected chi connectivity index (χ1v) is 8.04. The molecule has 0 radical (unpaired) electrons. The first-order chi connectivity index (χ1) is 8.94. The highest BCUT2D eigenvalue weighted by Crippen LogP contribution is 2.28. The fourth-order valence-electron chi connectivity index (χ4n) is 1.46. The Morgan fingerprint density at radius 3 is 2.84 bits per heavy atom. The minimum atomic E-state index is -3.68. The quantitative estimate of drug-likeness (QED) is 0.906. The van der Waals surface area contributed by atoms with Crippen molar-refractivity contribution in [1.29, 1.82) is 0 Å². The summed E-state index contributed by atoms with van der Waals surface area (Å²) < 4.78 is 27.0. The van der Waals surface area contributed by atoms with E-state index >= 15 is 0 Å². The lowest BCUT2D eigenvalue weighted by atomic mass is 10.3. The van der Waals surface area contributed by atoms with Crippen molar-refractivity contribution < 1.29 is 8.42 Å². The Morgan fingerprint density at radius 2 is 2.26 bits per heavy atom. The molecular formula is C11H12ClN3O2S2. The Hall–Kier alpha value is -1.15. The van der Waals surface area contributed by atoms with E-state index in [0.29, 0.717) is 6.54 Å². The molecule has 0 saturated carbocycles. The number of rotatable bonds is 4. The normalized spacial score (nSPS) is 11.5. The lowest BCUT2D eigenvalue weighted by molar-refractivity contribution is 0.603. The Balaban J connectivity index is 2.35. The van der Waals surface area contributed by atoms with Crippen molar-refractivity contribution in [3.8, 4) is 0 Å². The zero-order valence-electron chi connectivity index (χ0n) is 10.1. The molecule has 19 heavy (non-hydrogen) atoms. The molecule has 0 unspecified atom stereocenters. The minimum absolute atomic E-state index is 0.115. The summed E-state index contributed by atoms with van der Waals surface area (Å²) >= 11 is 7.02. The van der Waals surface area contributed by atoms with Gasteiger partial charge < -0.3 is 5.73 Å². The van der Waals surface area contributed by atoms with Crippen molar-refractivity contribution in [2.75, 3.05) is 4.72 Å². The summed E-state index contributed by atoms with van der Waals surface area (Å²) in [6.07, 6.45) is 1.47. The van der Waals surface area contributed by atoms with Gasteiger partial charge in [0.2, 0.25) is 0 Å². The number of anilines is 1. The van der Waals surface area contributed by atoms with Gasteiger partial charge in [-0.25, -0.2) is 13.4 Å². The maximum absolute atomic E-state index is 12.2. The second-order valence-corrected chi connectivity index (χ2v) is 7.27. The Bertz CT molecular complexity index is 698. The largest absolute Gasteiger partial charge is 0.326 e. The van der Waals surface area contributed by atoms with Gasteiger partial charge in [-0.3, -0.25) is 4.72 Å². The molecule has 2 aromatic rings. The number of pyridine rings is 1. The zero-order chi connectivity index (χ0) is 14.0. The maximum Gasteiger partial charge on any atom is 0.272 e. The predicted octanol–water partition coefficient (Wildman–Crippen LogP) is 2.36. The number of aromatic nitrogens is 1. The molecule has 5 nitrogen and oxygen atoms in total. The van der Waals surface area contributed by atoms with E-state index in [2.05, 4.69) is 9.71 Å². The Morgan fingerprint density at radius 1 is 1.53 bits per heavy atom. The van der Waals surface area contributed by atoms with E-state index < -0.39 is 10.0 Å². The van der Waals surface area contributed by atoms with E-state index in [1.54, 1.807) is 18.2 Å². The summed E-state index contributed by atoms with van der Waals surface area (Å²) in [6, 6.07) is 4.78. The highest BCUT2D eigenvalue weighted by Gasteiger charge is 2.20. The first kappa shape index (κ1) is 14.3. The van der Waals surface area contributed by atoms with Gasteiger partial charge in [0.1, 0.15) is 4.21 Å². The summed E-state index contributed by atoms with van der Waals surface area (Å²) in [5.41, 5.74) is 6.41. The van der Waals surface area contributed by atoms with Crippen LogP contribution in [0.1, 0.15) is 10.4 Å². The summed E-state index contributed by atoms with van der Waals surface area (Å²) in [5.74, 6) is 0.115. The van der Waals surface area contributed by atoms with Crippen molar-refractivity contribution in [2.24, 2.45) is 5.73 Å². The van der Waals surface area contributed by atoms with Crippen molar-refractivity contribution >= 4 is 38.8 Å². The molecule has 0 bridgehead atoms. The van der Waals surface area contributed by atoms with Gasteiger partial charge in [0.15, 0.2) is 5.82 Å². The smallest absolute Gasteiger partial charge is 0.272 e. The van der Waals surface area contributed by atoms with Crippen LogP contribution in [0.5, 0.6) is 0 Å². The number of sulfonamides is 1. The summed E-state index contributed by atoms with van der Waals surface area (Å²) in [7, 11) is -3.68. The van der Waals surface area contributed by atoms with E-state index in [-0.39, 0.29) is 15.0 Å². The molecule has 3 N–H and O–H groups in total. The molecule has 8 heteroatoms. The minimum Gasteiger partial charge on any atom is -0.326 e. The average Bonchev–Trinajstić information content (AvgIpc) is 2.74. The molecule has 0 spiro atoms. The van der Waals surface area contributed by atoms with Gasteiger partial charge in [0.25, 0.3) is 10.0 Å². The standard InChI is InChI=1S/C11H12ClN3O2S2/c1-7-5-10(18-9(7)6-13)19(16,17)15-11-8(12)3-2-4-14-11/h2-5H,6,13H2,1H3,(H,14,15). The third kappa shape index (κ3) is 3.06. The van der Waals surface area contributed by atoms with Crippen LogP contribution in [-0.2, 0) is 16.6 Å². The third-order valence-corrected chi connectivity index (χ3v) is 5.81. The number of hydrogen-bond donors (Lipinski definition) is 2. The molecule has 2 heterocycles. The van der Waals surface area contributed by atoms with Crippen LogP contribution in [0.2, 0.25) is 5.02 Å². The molecule has 0 saturated heterocycles. The predicted molar refractivity (Wildman–Crippen MR) is 77.0 cm³/mol. The molecular weight excluding hydrogens is 306 g/mol. The van der Waals surface area contributed by atoms with Gasteiger partial charge in [-0.15, -0.1) is 11.3 Å². The maximum atomic E-state index is 12.2. The molecule has 0 aromatic carbocycles. The number of aryl methyl sites for hydroxylation is 1. The van der Waals surface area contributed by atoms with Crippen LogP contribution in [0.3, 0.4) is 0 Å². The second-order valence-electron chi connectivity index (χ2n) is 3.82. The van der Waals surface area contributed by atoms with Crippen LogP contribution in [0, 0.1) is 6.92 Å². The number of halogens is 1. The fraction of sp³-hybridized carbons (Fsp3) is 0.182. The monoisotopic (exact) mass is 317 g/mol. The van der Waals surface area contributed by atoms with Crippen LogP contribution in [0.4, 0.5) is 5.82 Å². The van der Waals surface area contributed by atoms with E-state index in [4.69, 9.17) is 17.3 Å². The topological polar surface area (TPSA) is 85.1 Å². The van der Waals surface area contributed by atoms with Crippen molar-refractivity contribution in [3.63, 3.8) is 0 Å². The van der Waals surface area contributed by atoms with E-state index in [0.717, 1.165) is 21.8 Å². The van der Waals surface area contributed by atoms with Crippen LogP contribution in [0.25, 0.3) is 0 Å². The number of nitrogens with one attached hydrogen (secondary N) is 1. The summed E-state index contributed by atoms with van der Waals surface area (Å²) in [4.78, 5) is 4.74. The molecule has 0 aliphatic heterocycles. The number of thiophene rings is 1. The summed E-state index contributed by atoms with van der Waals surface area (Å²) in [5, 5.41) is 0.249. The molecule has 2 aromatic heterocycles. The van der Waals surface area contributed by atoms with E-state index in [1.807, 2.05) is 6.92 Å². The van der Waals surface area contributed by atoms with Gasteiger partial charge in [-0.1, -0.05) is 11.6 Å². The number of nitrogens with two attached hydrogens (primary N) is 1. The highest BCUT2D eigenvalue weighted by atomic mass is 35.5. The van der Waals surface area contributed by atoms with Crippen molar-refractivity contribution in [3.05, 3.63) is 39.9 Å². The van der Waals surface area contributed by atoms with Gasteiger partial charge in [-0.2, -0.15) is 0 Å². The third-order valence-electron chi connectivity index (χ3n) is 2.44. The van der Waals surface area contributed by atoms with Crippen LogP contribution >= 0.6 is 22.9 Å². The molecule has 0 atom stereocenters. The van der Waals surface area contributed by atoms with E-state index in [9.17, 15) is 8.42 Å². The highest BCUT2D eigenvalue weighted by molar-refractivity contribution is 7.94. The van der Waals surface area contributed by atoms with Gasteiger partial charge in [0.05, 0.1) is 5.02 Å². The zero-order valence-corrected chi connectivity index (χ0v) is 12.4. The van der Waals surface area contributed by atoms with Gasteiger partial charge in [-0.05, 0) is 30.7 Å². The SMILES string of the molecule is Cc1cc(S(=O)(=O)Nc2ncccc2Cl)sc1CN. The Labute approximate surface area is 120 Å². The average molecular weight is 318 g/mol. The lowest BCUT2D eigenvalue weighted by Gasteiger charge is -2.06. The van der Waals surface area contributed by atoms with Crippen molar-refractivity contribution in [1.82, 2.24) is 4.98 Å².